The van der Waals surface area contributed by atoms with Crippen molar-refractivity contribution in [1.82, 2.24) is 39.8 Å². The zero-order chi connectivity index (χ0) is 16.1. The summed E-state index contributed by atoms with van der Waals surface area (Å²) in [4.78, 5) is 16.5. The molecule has 1 amide bonds. The molecule has 0 aliphatic carbocycles. The Hall–Kier alpha value is -1.94. The molecule has 0 spiro atoms. The molecule has 1 aliphatic rings. The maximum Gasteiger partial charge on any atom is 0.233 e. The second kappa shape index (κ2) is 7.55. The molecule has 10 heteroatoms. The van der Waals surface area contributed by atoms with Crippen molar-refractivity contribution >= 4 is 17.7 Å². The van der Waals surface area contributed by atoms with Crippen molar-refractivity contribution in [3.63, 3.8) is 0 Å². The molecule has 0 aromatic carbocycles. The Labute approximate surface area is 138 Å². The molecular weight excluding hydrogens is 316 g/mol. The van der Waals surface area contributed by atoms with E-state index >= 15 is 0 Å². The van der Waals surface area contributed by atoms with Crippen LogP contribution in [0.25, 0.3) is 0 Å². The first kappa shape index (κ1) is 15.9. The van der Waals surface area contributed by atoms with Gasteiger partial charge in [-0.2, -0.15) is 5.10 Å². The molecule has 3 rings (SSSR count). The van der Waals surface area contributed by atoms with Crippen LogP contribution >= 0.6 is 11.8 Å². The van der Waals surface area contributed by atoms with Crippen LogP contribution in [0.2, 0.25) is 0 Å². The van der Waals surface area contributed by atoms with Gasteiger partial charge in [-0.3, -0.25) is 14.4 Å². The maximum atomic E-state index is 12.3. The first-order chi connectivity index (χ1) is 11.2. The predicted octanol–water partition coefficient (Wildman–Crippen LogP) is -0.657. The molecule has 0 bridgehead atoms. The quantitative estimate of drug-likeness (QED) is 0.648. The molecule has 0 saturated carbocycles. The Bertz CT molecular complexity index is 620. The van der Waals surface area contributed by atoms with Crippen molar-refractivity contribution in [2.24, 2.45) is 7.05 Å². The van der Waals surface area contributed by atoms with E-state index in [4.69, 9.17) is 0 Å². The third kappa shape index (κ3) is 4.29. The number of amides is 1. The van der Waals surface area contributed by atoms with E-state index in [0.29, 0.717) is 10.9 Å². The van der Waals surface area contributed by atoms with E-state index in [2.05, 4.69) is 25.5 Å². The minimum Gasteiger partial charge on any atom is -0.339 e. The molecule has 0 N–H and O–H groups in total. The van der Waals surface area contributed by atoms with Gasteiger partial charge in [-0.1, -0.05) is 11.8 Å². The van der Waals surface area contributed by atoms with Gasteiger partial charge in [0, 0.05) is 52.2 Å². The molecule has 23 heavy (non-hydrogen) atoms. The molecule has 0 unspecified atom stereocenters. The molecule has 1 aliphatic heterocycles. The second-order valence-electron chi connectivity index (χ2n) is 5.37. The van der Waals surface area contributed by atoms with E-state index in [1.165, 1.54) is 11.8 Å². The van der Waals surface area contributed by atoms with Gasteiger partial charge >= 0.3 is 0 Å². The number of rotatable bonds is 6. The van der Waals surface area contributed by atoms with E-state index in [-0.39, 0.29) is 5.91 Å². The third-order valence-corrected chi connectivity index (χ3v) is 4.83. The van der Waals surface area contributed by atoms with Gasteiger partial charge in [0.25, 0.3) is 0 Å². The van der Waals surface area contributed by atoms with E-state index in [0.717, 1.165) is 39.3 Å². The molecule has 3 heterocycles. The minimum atomic E-state index is 0.143. The number of thioether (sulfide) groups is 1. The van der Waals surface area contributed by atoms with Crippen LogP contribution in [0.5, 0.6) is 0 Å². The number of tetrazole rings is 1. The van der Waals surface area contributed by atoms with Gasteiger partial charge in [-0.25, -0.2) is 4.68 Å². The first-order valence-corrected chi connectivity index (χ1v) is 8.53. The number of nitrogens with zero attached hydrogens (tertiary/aromatic N) is 8. The Balaban J connectivity index is 1.38. The Kier molecular flexibility index (Phi) is 5.23. The van der Waals surface area contributed by atoms with Crippen molar-refractivity contribution < 1.29 is 4.79 Å². The highest BCUT2D eigenvalue weighted by molar-refractivity contribution is 7.99. The molecule has 1 fully saturated rings. The molecule has 0 atom stereocenters. The lowest BCUT2D eigenvalue weighted by molar-refractivity contribution is -0.130. The van der Waals surface area contributed by atoms with Gasteiger partial charge in [0.05, 0.1) is 12.3 Å². The van der Waals surface area contributed by atoms with Gasteiger partial charge in [-0.15, -0.1) is 5.10 Å². The van der Waals surface area contributed by atoms with Gasteiger partial charge in [0.1, 0.15) is 0 Å². The smallest absolute Gasteiger partial charge is 0.233 e. The van der Waals surface area contributed by atoms with Gasteiger partial charge in [0.15, 0.2) is 0 Å². The lowest BCUT2D eigenvalue weighted by Crippen LogP contribution is -2.49. The highest BCUT2D eigenvalue weighted by Crippen LogP contribution is 2.14. The predicted molar refractivity (Wildman–Crippen MR) is 84.8 cm³/mol. The van der Waals surface area contributed by atoms with Gasteiger partial charge < -0.3 is 4.90 Å². The van der Waals surface area contributed by atoms with Crippen LogP contribution in [-0.4, -0.2) is 84.2 Å². The Morgan fingerprint density at radius 1 is 1.26 bits per heavy atom. The number of hydrogen-bond acceptors (Lipinski definition) is 7. The van der Waals surface area contributed by atoms with E-state index in [1.54, 1.807) is 17.9 Å². The van der Waals surface area contributed by atoms with E-state index in [9.17, 15) is 4.79 Å². The molecule has 0 radical (unpaired) electrons. The summed E-state index contributed by atoms with van der Waals surface area (Å²) in [7, 11) is 1.77. The number of hydrogen-bond donors (Lipinski definition) is 0. The van der Waals surface area contributed by atoms with Crippen molar-refractivity contribution in [2.75, 3.05) is 38.5 Å². The van der Waals surface area contributed by atoms with Crippen LogP contribution in [0.3, 0.4) is 0 Å². The third-order valence-electron chi connectivity index (χ3n) is 3.84. The molecule has 1 saturated heterocycles. The highest BCUT2D eigenvalue weighted by atomic mass is 32.2. The fourth-order valence-electron chi connectivity index (χ4n) is 2.46. The summed E-state index contributed by atoms with van der Waals surface area (Å²) in [5, 5.41) is 16.1. The monoisotopic (exact) mass is 336 g/mol. The van der Waals surface area contributed by atoms with Crippen molar-refractivity contribution in [3.05, 3.63) is 18.5 Å². The molecule has 2 aromatic rings. The van der Waals surface area contributed by atoms with Crippen LogP contribution in [0.4, 0.5) is 0 Å². The SMILES string of the molecule is Cn1nnnc1SCC(=O)N1CCN(CCn2cccn2)CC1. The van der Waals surface area contributed by atoms with Crippen molar-refractivity contribution in [1.29, 1.82) is 0 Å². The average molecular weight is 336 g/mol. The van der Waals surface area contributed by atoms with E-state index < -0.39 is 0 Å². The summed E-state index contributed by atoms with van der Waals surface area (Å²) in [6, 6.07) is 1.93. The zero-order valence-electron chi connectivity index (χ0n) is 13.1. The number of carbonyl (C=O) groups excluding carboxylic acids is 1. The second-order valence-corrected chi connectivity index (χ2v) is 6.31. The lowest BCUT2D eigenvalue weighted by Gasteiger charge is -2.34. The molecule has 124 valence electrons. The fourth-order valence-corrected chi connectivity index (χ4v) is 3.21. The standard InChI is InChI=1S/C13H20N8OS/c1-18-13(15-16-17-18)23-11-12(22)20-8-5-19(6-9-20)7-10-21-4-2-3-14-21/h2-4H,5-11H2,1H3. The van der Waals surface area contributed by atoms with Crippen LogP contribution in [0, 0.1) is 0 Å². The molecular formula is C13H20N8OS. The van der Waals surface area contributed by atoms with Crippen LogP contribution in [0.1, 0.15) is 0 Å². The Morgan fingerprint density at radius 3 is 2.74 bits per heavy atom. The average Bonchev–Trinajstić information content (AvgIpc) is 3.23. The summed E-state index contributed by atoms with van der Waals surface area (Å²) < 4.78 is 3.51. The zero-order valence-corrected chi connectivity index (χ0v) is 13.9. The molecule has 9 nitrogen and oxygen atoms in total. The summed E-state index contributed by atoms with van der Waals surface area (Å²) in [5.41, 5.74) is 0. The van der Waals surface area contributed by atoms with E-state index in [1.807, 2.05) is 21.8 Å². The normalized spacial score (nSPS) is 16.0. The largest absolute Gasteiger partial charge is 0.339 e. The van der Waals surface area contributed by atoms with Crippen LogP contribution < -0.4 is 0 Å². The van der Waals surface area contributed by atoms with Gasteiger partial charge in [0.2, 0.25) is 11.1 Å². The summed E-state index contributed by atoms with van der Waals surface area (Å²) >= 11 is 1.38. The Morgan fingerprint density at radius 2 is 2.09 bits per heavy atom. The summed E-state index contributed by atoms with van der Waals surface area (Å²) in [5.74, 6) is 0.520. The maximum absolute atomic E-state index is 12.3. The fraction of sp³-hybridized carbons (Fsp3) is 0.615. The lowest BCUT2D eigenvalue weighted by atomic mass is 10.3. The van der Waals surface area contributed by atoms with Crippen molar-refractivity contribution in [2.45, 2.75) is 11.7 Å². The molecule has 2 aromatic heterocycles. The topological polar surface area (TPSA) is 85.0 Å². The summed E-state index contributed by atoms with van der Waals surface area (Å²) in [6.07, 6.45) is 3.76. The highest BCUT2D eigenvalue weighted by Gasteiger charge is 2.21. The number of aromatic nitrogens is 6. The van der Waals surface area contributed by atoms with Crippen LogP contribution in [0.15, 0.2) is 23.6 Å². The number of carbonyl (C=O) groups is 1. The van der Waals surface area contributed by atoms with Crippen molar-refractivity contribution in [3.8, 4) is 0 Å². The minimum absolute atomic E-state index is 0.143. The number of aryl methyl sites for hydroxylation is 1. The van der Waals surface area contributed by atoms with Gasteiger partial charge in [-0.05, 0) is 16.5 Å². The number of piperazine rings is 1. The first-order valence-electron chi connectivity index (χ1n) is 7.55. The summed E-state index contributed by atoms with van der Waals surface area (Å²) in [6.45, 7) is 5.20. The van der Waals surface area contributed by atoms with Crippen LogP contribution in [-0.2, 0) is 18.4 Å².